The summed E-state index contributed by atoms with van der Waals surface area (Å²) in [5.74, 6) is -0.572. The Labute approximate surface area is 189 Å². The van der Waals surface area contributed by atoms with Crippen LogP contribution in [0.3, 0.4) is 0 Å². The SMILES string of the molecule is Cl.O=C(N[C@@H](c1ccsc1)[C@@H]1CC[C@H]2CCCCN21)c1cccc(C(F)(F)F)c1Cl. The van der Waals surface area contributed by atoms with Crippen LogP contribution in [0.15, 0.2) is 35.0 Å². The summed E-state index contributed by atoms with van der Waals surface area (Å²) < 4.78 is 39.6. The van der Waals surface area contributed by atoms with Crippen LogP contribution in [0.5, 0.6) is 0 Å². The van der Waals surface area contributed by atoms with Crippen molar-refractivity contribution in [1.82, 2.24) is 10.2 Å². The molecule has 3 heterocycles. The molecule has 2 saturated heterocycles. The van der Waals surface area contributed by atoms with Crippen LogP contribution >= 0.6 is 35.3 Å². The molecule has 2 fully saturated rings. The zero-order chi connectivity index (χ0) is 20.6. The molecule has 3 nitrogen and oxygen atoms in total. The Hall–Kier alpha value is -1.28. The van der Waals surface area contributed by atoms with E-state index in [1.54, 1.807) is 11.3 Å². The van der Waals surface area contributed by atoms with Gasteiger partial charge in [-0.1, -0.05) is 24.1 Å². The van der Waals surface area contributed by atoms with Crippen LogP contribution in [0.4, 0.5) is 13.2 Å². The number of nitrogens with one attached hydrogen (secondary N) is 1. The van der Waals surface area contributed by atoms with Crippen molar-refractivity contribution in [1.29, 1.82) is 0 Å². The van der Waals surface area contributed by atoms with E-state index in [0.717, 1.165) is 37.4 Å². The summed E-state index contributed by atoms with van der Waals surface area (Å²) in [5.41, 5.74) is -0.145. The number of thiophene rings is 1. The molecule has 0 unspecified atom stereocenters. The van der Waals surface area contributed by atoms with E-state index < -0.39 is 22.7 Å². The van der Waals surface area contributed by atoms with Crippen molar-refractivity contribution in [3.8, 4) is 0 Å². The number of carbonyl (C=O) groups excluding carboxylic acids is 1. The Kier molecular flexibility index (Phi) is 7.38. The van der Waals surface area contributed by atoms with Crippen molar-refractivity contribution in [3.63, 3.8) is 0 Å². The van der Waals surface area contributed by atoms with Crippen LogP contribution in [-0.4, -0.2) is 29.4 Å². The summed E-state index contributed by atoms with van der Waals surface area (Å²) in [4.78, 5) is 15.5. The highest BCUT2D eigenvalue weighted by molar-refractivity contribution is 7.08. The van der Waals surface area contributed by atoms with Gasteiger partial charge in [0.15, 0.2) is 0 Å². The second-order valence-electron chi connectivity index (χ2n) is 7.70. The molecule has 1 aromatic heterocycles. The fourth-order valence-corrected chi connectivity index (χ4v) is 5.67. The highest BCUT2D eigenvalue weighted by Gasteiger charge is 2.41. The van der Waals surface area contributed by atoms with E-state index in [2.05, 4.69) is 10.2 Å². The van der Waals surface area contributed by atoms with Crippen molar-refractivity contribution in [2.45, 2.75) is 56.4 Å². The molecule has 3 atom stereocenters. The van der Waals surface area contributed by atoms with Crippen LogP contribution < -0.4 is 5.32 Å². The summed E-state index contributed by atoms with van der Waals surface area (Å²) >= 11 is 7.52. The van der Waals surface area contributed by atoms with E-state index in [1.807, 2.05) is 16.8 Å². The lowest BCUT2D eigenvalue weighted by molar-refractivity contribution is -0.137. The molecular formula is C21H23Cl2F3N2OS. The highest BCUT2D eigenvalue weighted by Crippen LogP contribution is 2.39. The Bertz CT molecular complexity index is 876. The Morgan fingerprint density at radius 3 is 2.70 bits per heavy atom. The number of piperidine rings is 1. The molecule has 0 bridgehead atoms. The number of hydrogen-bond donors (Lipinski definition) is 1. The molecule has 0 saturated carbocycles. The summed E-state index contributed by atoms with van der Waals surface area (Å²) in [6.45, 7) is 0.996. The van der Waals surface area contributed by atoms with Crippen molar-refractivity contribution < 1.29 is 18.0 Å². The number of benzene rings is 1. The average Bonchev–Trinajstić information content (AvgIpc) is 3.35. The van der Waals surface area contributed by atoms with Gasteiger partial charge in [0.25, 0.3) is 5.91 Å². The number of hydrogen-bond acceptors (Lipinski definition) is 3. The fraction of sp³-hybridized carbons (Fsp3) is 0.476. The number of amides is 1. The summed E-state index contributed by atoms with van der Waals surface area (Å²) in [6, 6.07) is 5.83. The minimum atomic E-state index is -4.60. The first-order valence-corrected chi connectivity index (χ1v) is 11.1. The molecule has 0 radical (unpaired) electrons. The van der Waals surface area contributed by atoms with E-state index in [9.17, 15) is 18.0 Å². The first-order chi connectivity index (χ1) is 13.9. The van der Waals surface area contributed by atoms with E-state index in [1.165, 1.54) is 25.0 Å². The Morgan fingerprint density at radius 1 is 1.20 bits per heavy atom. The van der Waals surface area contributed by atoms with Crippen LogP contribution in [0.25, 0.3) is 0 Å². The largest absolute Gasteiger partial charge is 0.417 e. The van der Waals surface area contributed by atoms with E-state index in [-0.39, 0.29) is 30.1 Å². The number of carbonyl (C=O) groups is 1. The van der Waals surface area contributed by atoms with Gasteiger partial charge in [0, 0.05) is 12.1 Å². The quantitative estimate of drug-likeness (QED) is 0.556. The second kappa shape index (κ2) is 9.47. The van der Waals surface area contributed by atoms with Gasteiger partial charge in [-0.2, -0.15) is 24.5 Å². The minimum absolute atomic E-state index is 0. The predicted octanol–water partition coefficient (Wildman–Crippen LogP) is 6.33. The molecule has 164 valence electrons. The maximum Gasteiger partial charge on any atom is 0.417 e. The lowest BCUT2D eigenvalue weighted by Gasteiger charge is -2.38. The number of alkyl halides is 3. The molecule has 1 aromatic carbocycles. The zero-order valence-electron chi connectivity index (χ0n) is 16.1. The number of fused-ring (bicyclic) bond motifs is 1. The fourth-order valence-electron chi connectivity index (χ4n) is 4.66. The van der Waals surface area contributed by atoms with E-state index in [4.69, 9.17) is 11.6 Å². The Balaban J connectivity index is 0.00000256. The molecule has 0 aliphatic carbocycles. The molecule has 2 aliphatic heterocycles. The molecule has 9 heteroatoms. The van der Waals surface area contributed by atoms with Gasteiger partial charge in [-0.05, 0) is 66.8 Å². The van der Waals surface area contributed by atoms with Crippen molar-refractivity contribution in [2.24, 2.45) is 0 Å². The number of rotatable bonds is 4. The average molecular weight is 479 g/mol. The van der Waals surface area contributed by atoms with Crippen LogP contribution in [0.2, 0.25) is 5.02 Å². The number of halogens is 5. The van der Waals surface area contributed by atoms with Crippen LogP contribution in [0, 0.1) is 0 Å². The molecule has 1 N–H and O–H groups in total. The molecule has 2 aliphatic rings. The van der Waals surface area contributed by atoms with Crippen molar-refractivity contribution >= 4 is 41.3 Å². The molecule has 2 aromatic rings. The molecular weight excluding hydrogens is 456 g/mol. The predicted molar refractivity (Wildman–Crippen MR) is 116 cm³/mol. The molecule has 1 amide bonds. The maximum atomic E-state index is 13.2. The van der Waals surface area contributed by atoms with Crippen LogP contribution in [0.1, 0.15) is 59.6 Å². The van der Waals surface area contributed by atoms with Gasteiger partial charge in [0.2, 0.25) is 0 Å². The monoisotopic (exact) mass is 478 g/mol. The summed E-state index contributed by atoms with van der Waals surface area (Å²) in [7, 11) is 0. The third-order valence-corrected chi connectivity index (χ3v) is 7.13. The van der Waals surface area contributed by atoms with Gasteiger partial charge in [-0.3, -0.25) is 9.69 Å². The topological polar surface area (TPSA) is 32.3 Å². The lowest BCUT2D eigenvalue weighted by Crippen LogP contribution is -2.47. The van der Waals surface area contributed by atoms with Gasteiger partial charge >= 0.3 is 6.18 Å². The zero-order valence-corrected chi connectivity index (χ0v) is 18.5. The molecule has 0 spiro atoms. The first-order valence-electron chi connectivity index (χ1n) is 9.80. The van der Waals surface area contributed by atoms with E-state index in [0.29, 0.717) is 6.04 Å². The number of nitrogens with zero attached hydrogens (tertiary/aromatic N) is 1. The Morgan fingerprint density at radius 2 is 2.00 bits per heavy atom. The lowest BCUT2D eigenvalue weighted by atomic mass is 9.98. The highest BCUT2D eigenvalue weighted by atomic mass is 35.5. The second-order valence-corrected chi connectivity index (χ2v) is 8.86. The minimum Gasteiger partial charge on any atom is -0.344 e. The van der Waals surface area contributed by atoms with Gasteiger partial charge < -0.3 is 5.32 Å². The smallest absolute Gasteiger partial charge is 0.344 e. The normalized spacial score (nSPS) is 22.8. The first kappa shape index (κ1) is 23.4. The third-order valence-electron chi connectivity index (χ3n) is 6.02. The van der Waals surface area contributed by atoms with Crippen molar-refractivity contribution in [3.05, 3.63) is 56.7 Å². The molecule has 4 rings (SSSR count). The standard InChI is InChI=1S/C21H22ClF3N2OS.ClH/c22-18-15(5-3-6-16(18)21(23,24)25)20(28)26-19(13-9-11-29-12-13)17-8-7-14-4-1-2-10-27(14)17;/h3,5-6,9,11-12,14,17,19H,1-2,4,7-8,10H2,(H,26,28);1H/t14-,17+,19+;/m1./s1. The summed E-state index contributed by atoms with van der Waals surface area (Å²) in [6.07, 6.45) is 0.972. The van der Waals surface area contributed by atoms with Gasteiger partial charge in [0.1, 0.15) is 0 Å². The van der Waals surface area contributed by atoms with E-state index >= 15 is 0 Å². The van der Waals surface area contributed by atoms with Gasteiger partial charge in [-0.25, -0.2) is 0 Å². The van der Waals surface area contributed by atoms with Gasteiger partial charge in [-0.15, -0.1) is 12.4 Å². The summed E-state index contributed by atoms with van der Waals surface area (Å²) in [5, 5.41) is 6.40. The van der Waals surface area contributed by atoms with Crippen LogP contribution in [-0.2, 0) is 6.18 Å². The van der Waals surface area contributed by atoms with Crippen molar-refractivity contribution in [2.75, 3.05) is 6.54 Å². The molecule has 30 heavy (non-hydrogen) atoms. The third kappa shape index (κ3) is 4.64. The maximum absolute atomic E-state index is 13.2. The van der Waals surface area contributed by atoms with Gasteiger partial charge in [0.05, 0.1) is 22.2 Å².